The molecule has 0 radical (unpaired) electrons. The monoisotopic (exact) mass is 333 g/mol. The second-order valence-electron chi connectivity index (χ2n) is 5.87. The van der Waals surface area contributed by atoms with Gasteiger partial charge >= 0.3 is 0 Å². The number of hydrogen-bond acceptors (Lipinski definition) is 4. The number of benzene rings is 1. The van der Waals surface area contributed by atoms with Crippen molar-refractivity contribution in [3.63, 3.8) is 0 Å². The number of aliphatic hydroxyl groups is 1. The third kappa shape index (κ3) is 3.47. The normalized spacial score (nSPS) is 20.5. The van der Waals surface area contributed by atoms with Crippen molar-refractivity contribution in [2.24, 2.45) is 0 Å². The molecule has 1 amide bonds. The van der Waals surface area contributed by atoms with Crippen LogP contribution in [0.1, 0.15) is 28.5 Å². The van der Waals surface area contributed by atoms with Crippen LogP contribution in [0.2, 0.25) is 0 Å². The number of aliphatic hydroxyl groups excluding tert-OH is 1. The molecule has 1 aromatic heterocycles. The fourth-order valence-corrected chi connectivity index (χ4v) is 3.00. The number of nitrogens with zero attached hydrogens (tertiary/aromatic N) is 3. The van der Waals surface area contributed by atoms with E-state index >= 15 is 0 Å². The lowest BCUT2D eigenvalue weighted by Crippen LogP contribution is -2.32. The van der Waals surface area contributed by atoms with Crippen LogP contribution >= 0.6 is 0 Å². The highest BCUT2D eigenvalue weighted by molar-refractivity contribution is 5.92. The van der Waals surface area contributed by atoms with Crippen LogP contribution in [0, 0.1) is 5.82 Å². The fraction of sp³-hybridized carbons (Fsp3) is 0.412. The van der Waals surface area contributed by atoms with Gasteiger partial charge in [-0.2, -0.15) is 5.10 Å². The number of amides is 1. The lowest BCUT2D eigenvalue weighted by atomic mass is 10.0. The van der Waals surface area contributed by atoms with Gasteiger partial charge in [-0.1, -0.05) is 12.1 Å². The molecular weight excluding hydrogens is 313 g/mol. The molecule has 0 unspecified atom stereocenters. The number of halogens is 1. The van der Waals surface area contributed by atoms with Crippen LogP contribution in [0.3, 0.4) is 0 Å². The minimum Gasteiger partial charge on any atom is -0.391 e. The van der Waals surface area contributed by atoms with E-state index in [1.807, 2.05) is 0 Å². The Hall–Kier alpha value is -2.25. The third-order valence-corrected chi connectivity index (χ3v) is 4.16. The van der Waals surface area contributed by atoms with Crippen LogP contribution in [0.25, 0.3) is 0 Å². The lowest BCUT2D eigenvalue weighted by Gasteiger charge is -2.24. The Morgan fingerprint density at radius 3 is 3.04 bits per heavy atom. The molecule has 1 aliphatic rings. The predicted octanol–water partition coefficient (Wildman–Crippen LogP) is 1.62. The summed E-state index contributed by atoms with van der Waals surface area (Å²) in [7, 11) is 1.60. The smallest absolute Gasteiger partial charge is 0.274 e. The van der Waals surface area contributed by atoms with Gasteiger partial charge in [0.2, 0.25) is 0 Å². The first-order valence-corrected chi connectivity index (χ1v) is 7.85. The van der Waals surface area contributed by atoms with E-state index in [1.165, 1.54) is 12.1 Å². The molecule has 1 saturated heterocycles. The largest absolute Gasteiger partial charge is 0.391 e. The second-order valence-corrected chi connectivity index (χ2v) is 5.87. The number of methoxy groups -OCH3 is 1. The summed E-state index contributed by atoms with van der Waals surface area (Å²) in [6.07, 6.45) is 1.48. The molecule has 1 fully saturated rings. The van der Waals surface area contributed by atoms with Crippen molar-refractivity contribution in [1.29, 1.82) is 0 Å². The fourth-order valence-electron chi connectivity index (χ4n) is 3.00. The lowest BCUT2D eigenvalue weighted by molar-refractivity contribution is 0.0708. The first kappa shape index (κ1) is 16.6. The molecule has 0 aliphatic carbocycles. The summed E-state index contributed by atoms with van der Waals surface area (Å²) in [5.74, 6) is -0.623. The van der Waals surface area contributed by atoms with Crippen molar-refractivity contribution in [2.75, 3.05) is 20.3 Å². The van der Waals surface area contributed by atoms with E-state index in [0.717, 1.165) is 0 Å². The molecule has 0 spiro atoms. The van der Waals surface area contributed by atoms with Crippen molar-refractivity contribution in [1.82, 2.24) is 14.7 Å². The van der Waals surface area contributed by atoms with Crippen LogP contribution in [-0.4, -0.2) is 52.1 Å². The molecule has 1 aromatic carbocycles. The van der Waals surface area contributed by atoms with Gasteiger partial charge in [0.25, 0.3) is 5.91 Å². The molecule has 0 bridgehead atoms. The van der Waals surface area contributed by atoms with Crippen LogP contribution in [0.15, 0.2) is 36.5 Å². The zero-order chi connectivity index (χ0) is 17.1. The zero-order valence-corrected chi connectivity index (χ0v) is 13.4. The van der Waals surface area contributed by atoms with Crippen molar-refractivity contribution in [3.8, 4) is 0 Å². The third-order valence-electron chi connectivity index (χ3n) is 4.16. The van der Waals surface area contributed by atoms with E-state index in [-0.39, 0.29) is 24.3 Å². The van der Waals surface area contributed by atoms with E-state index in [9.17, 15) is 14.3 Å². The Bertz CT molecular complexity index is 719. The van der Waals surface area contributed by atoms with Gasteiger partial charge in [0, 0.05) is 19.9 Å². The van der Waals surface area contributed by atoms with Crippen molar-refractivity contribution in [2.45, 2.75) is 25.1 Å². The van der Waals surface area contributed by atoms with E-state index in [4.69, 9.17) is 4.74 Å². The molecule has 3 rings (SSSR count). The van der Waals surface area contributed by atoms with Gasteiger partial charge in [0.15, 0.2) is 0 Å². The highest BCUT2D eigenvalue weighted by Gasteiger charge is 2.36. The number of ether oxygens (including phenoxy) is 1. The summed E-state index contributed by atoms with van der Waals surface area (Å²) < 4.78 is 20.1. The number of hydrogen-bond donors (Lipinski definition) is 1. The Kier molecular flexibility index (Phi) is 4.92. The minimum absolute atomic E-state index is 0.213. The van der Waals surface area contributed by atoms with Gasteiger partial charge in [-0.3, -0.25) is 9.48 Å². The first-order valence-electron chi connectivity index (χ1n) is 7.85. The van der Waals surface area contributed by atoms with Crippen molar-refractivity contribution in [3.05, 3.63) is 53.6 Å². The highest BCUT2D eigenvalue weighted by atomic mass is 19.1. The van der Waals surface area contributed by atoms with E-state index in [0.29, 0.717) is 30.8 Å². The van der Waals surface area contributed by atoms with Gasteiger partial charge < -0.3 is 14.7 Å². The van der Waals surface area contributed by atoms with Crippen molar-refractivity contribution >= 4 is 5.91 Å². The molecular formula is C17H20FN3O3. The maximum atomic E-state index is 13.5. The summed E-state index contributed by atoms with van der Waals surface area (Å²) in [5.41, 5.74) is 0.986. The Balaban J connectivity index is 1.80. The number of rotatable bonds is 5. The minimum atomic E-state index is -0.627. The Morgan fingerprint density at radius 2 is 2.29 bits per heavy atom. The van der Waals surface area contributed by atoms with E-state index in [2.05, 4.69) is 5.10 Å². The molecule has 2 aromatic rings. The second kappa shape index (κ2) is 7.11. The van der Waals surface area contributed by atoms with Gasteiger partial charge in [0.05, 0.1) is 25.3 Å². The molecule has 128 valence electrons. The molecule has 2 heterocycles. The van der Waals surface area contributed by atoms with E-state index in [1.54, 1.807) is 41.1 Å². The number of carbonyl (C=O) groups excluding carboxylic acids is 1. The summed E-state index contributed by atoms with van der Waals surface area (Å²) in [6, 6.07) is 7.43. The molecule has 6 nitrogen and oxygen atoms in total. The maximum absolute atomic E-state index is 13.5. The summed E-state index contributed by atoms with van der Waals surface area (Å²) in [6.45, 7) is 1.27. The predicted molar refractivity (Wildman–Crippen MR) is 84.9 cm³/mol. The topological polar surface area (TPSA) is 67.6 Å². The Labute approximate surface area is 139 Å². The SMILES string of the molecule is COCCn1ccc(C(=O)N2C[C@@H](O)C[C@H]2c2cccc(F)c2)n1. The van der Waals surface area contributed by atoms with Gasteiger partial charge in [0.1, 0.15) is 11.5 Å². The summed E-state index contributed by atoms with van der Waals surface area (Å²) >= 11 is 0. The van der Waals surface area contributed by atoms with Crippen molar-refractivity contribution < 1.29 is 19.0 Å². The number of aromatic nitrogens is 2. The average molecular weight is 333 g/mol. The summed E-state index contributed by atoms with van der Waals surface area (Å²) in [4.78, 5) is 14.3. The number of carbonyl (C=O) groups is 1. The van der Waals surface area contributed by atoms with Crippen LogP contribution < -0.4 is 0 Å². The number of β-amino-alcohol motifs (C(OH)–C–C–N with tert-alkyl or cyclic N) is 1. The van der Waals surface area contributed by atoms with Gasteiger partial charge in [-0.25, -0.2) is 4.39 Å². The quantitative estimate of drug-likeness (QED) is 0.903. The maximum Gasteiger partial charge on any atom is 0.274 e. The summed E-state index contributed by atoms with van der Waals surface area (Å²) in [5, 5.41) is 14.2. The molecule has 0 saturated carbocycles. The van der Waals surface area contributed by atoms with Gasteiger partial charge in [-0.05, 0) is 30.2 Å². The molecule has 1 N–H and O–H groups in total. The van der Waals surface area contributed by atoms with Crippen LogP contribution in [0.5, 0.6) is 0 Å². The Morgan fingerprint density at radius 1 is 1.46 bits per heavy atom. The van der Waals surface area contributed by atoms with E-state index < -0.39 is 6.10 Å². The molecule has 2 atom stereocenters. The van der Waals surface area contributed by atoms with Gasteiger partial charge in [-0.15, -0.1) is 0 Å². The molecule has 7 heteroatoms. The van der Waals surface area contributed by atoms with Crippen LogP contribution in [0.4, 0.5) is 4.39 Å². The molecule has 1 aliphatic heterocycles. The first-order chi connectivity index (χ1) is 11.6. The average Bonchev–Trinajstić information content (AvgIpc) is 3.19. The number of likely N-dealkylation sites (tertiary alicyclic amines) is 1. The van der Waals surface area contributed by atoms with Crippen LogP contribution in [-0.2, 0) is 11.3 Å². The standard InChI is InChI=1S/C17H20FN3O3/c1-24-8-7-20-6-5-15(19-20)17(23)21-11-14(22)10-16(21)12-3-2-4-13(18)9-12/h2-6,9,14,16,22H,7-8,10-11H2,1H3/t14-,16-/m0/s1. The molecule has 24 heavy (non-hydrogen) atoms. The zero-order valence-electron chi connectivity index (χ0n) is 13.4. The highest BCUT2D eigenvalue weighted by Crippen LogP contribution is 2.33.